The Hall–Kier alpha value is -1.40. The van der Waals surface area contributed by atoms with E-state index in [1.54, 1.807) is 13.3 Å². The third-order valence-corrected chi connectivity index (χ3v) is 3.95. The molecule has 0 aromatic carbocycles. The lowest BCUT2D eigenvalue weighted by atomic mass is 10.1. The molecule has 112 valence electrons. The monoisotopic (exact) mass is 280 g/mol. The van der Waals surface area contributed by atoms with Crippen LogP contribution in [0.5, 0.6) is 0 Å². The Bertz CT molecular complexity index is 421. The molecule has 1 saturated heterocycles. The minimum absolute atomic E-state index is 0.0335. The van der Waals surface area contributed by atoms with Gasteiger partial charge in [-0.15, -0.1) is 0 Å². The minimum Gasteiger partial charge on any atom is -0.381 e. The largest absolute Gasteiger partial charge is 0.381 e. The molecule has 0 spiro atoms. The molecule has 1 aliphatic heterocycles. The summed E-state index contributed by atoms with van der Waals surface area (Å²) in [4.78, 5) is 24.1. The lowest BCUT2D eigenvalue weighted by molar-refractivity contribution is -0.136. The third kappa shape index (κ3) is 3.37. The van der Waals surface area contributed by atoms with Crippen LogP contribution in [-0.4, -0.2) is 65.1 Å². The summed E-state index contributed by atoms with van der Waals surface area (Å²) < 4.78 is 5.18. The average Bonchev–Trinajstić information content (AvgIpc) is 3.00. The number of nitrogens with one attached hydrogen (secondary N) is 1. The van der Waals surface area contributed by atoms with E-state index < -0.39 is 0 Å². The first kappa shape index (κ1) is 15.0. The maximum absolute atomic E-state index is 12.3. The second-order valence-electron chi connectivity index (χ2n) is 5.21. The van der Waals surface area contributed by atoms with Crippen LogP contribution in [0.4, 0.5) is 0 Å². The minimum atomic E-state index is -0.0335. The van der Waals surface area contributed by atoms with Crippen LogP contribution >= 0.6 is 0 Å². The van der Waals surface area contributed by atoms with Gasteiger partial charge in [-0.25, -0.2) is 4.98 Å². The molecule has 0 radical (unpaired) electrons. The molecule has 0 bridgehead atoms. The number of hydrogen-bond donors (Lipinski definition) is 1. The van der Waals surface area contributed by atoms with Crippen LogP contribution in [0.1, 0.15) is 32.1 Å². The number of likely N-dealkylation sites (N-methyl/N-ethyl adjacent to an activating group) is 1. The molecular formula is C14H24N4O2. The summed E-state index contributed by atoms with van der Waals surface area (Å²) in [5.74, 6) is 1.09. The number of ether oxygens (including phenoxy) is 1. The van der Waals surface area contributed by atoms with Crippen LogP contribution in [-0.2, 0) is 9.53 Å². The zero-order valence-corrected chi connectivity index (χ0v) is 12.5. The van der Waals surface area contributed by atoms with Crippen LogP contribution in [0.3, 0.4) is 0 Å². The number of amides is 1. The number of carbonyl (C=O) groups is 1. The number of aromatic amines is 1. The first-order valence-electron chi connectivity index (χ1n) is 7.19. The highest BCUT2D eigenvalue weighted by Gasteiger charge is 2.31. The Kier molecular flexibility index (Phi) is 5.14. The number of methoxy groups -OCH3 is 1. The Balaban J connectivity index is 2.02. The Morgan fingerprint density at radius 1 is 1.60 bits per heavy atom. The summed E-state index contributed by atoms with van der Waals surface area (Å²) in [6, 6.07) is 0.158. The van der Waals surface area contributed by atoms with Crippen molar-refractivity contribution >= 4 is 5.91 Å². The van der Waals surface area contributed by atoms with E-state index in [2.05, 4.69) is 21.8 Å². The van der Waals surface area contributed by atoms with E-state index in [1.165, 1.54) is 0 Å². The Morgan fingerprint density at radius 2 is 2.40 bits per heavy atom. The molecule has 0 unspecified atom stereocenters. The van der Waals surface area contributed by atoms with Crippen LogP contribution < -0.4 is 0 Å². The topological polar surface area (TPSA) is 61.5 Å². The van der Waals surface area contributed by atoms with Gasteiger partial charge >= 0.3 is 0 Å². The molecular weight excluding hydrogens is 256 g/mol. The van der Waals surface area contributed by atoms with Gasteiger partial charge in [0.1, 0.15) is 5.82 Å². The van der Waals surface area contributed by atoms with Crippen molar-refractivity contribution < 1.29 is 9.53 Å². The zero-order chi connectivity index (χ0) is 14.5. The number of imidazole rings is 1. The van der Waals surface area contributed by atoms with E-state index in [4.69, 9.17) is 4.74 Å². The first-order valence-corrected chi connectivity index (χ1v) is 7.19. The molecule has 1 N–H and O–H groups in total. The summed E-state index contributed by atoms with van der Waals surface area (Å²) in [5.41, 5.74) is 0. The smallest absolute Gasteiger partial charge is 0.225 e. The van der Waals surface area contributed by atoms with Crippen molar-refractivity contribution in [2.75, 3.05) is 33.3 Å². The molecule has 20 heavy (non-hydrogen) atoms. The standard InChI is InChI=1S/C14H24N4O2/c1-4-17-7-8-18(13(19)9-11(2)20-3)10-12(17)14-15-5-6-16-14/h5-6,11-12H,4,7-10H2,1-3H3,(H,15,16)/t11-,12-/m1/s1. The van der Waals surface area contributed by atoms with E-state index in [0.29, 0.717) is 13.0 Å². The quantitative estimate of drug-likeness (QED) is 0.875. The molecule has 1 aromatic heterocycles. The van der Waals surface area contributed by atoms with E-state index in [9.17, 15) is 4.79 Å². The number of nitrogens with zero attached hydrogens (tertiary/aromatic N) is 3. The average molecular weight is 280 g/mol. The second-order valence-corrected chi connectivity index (χ2v) is 5.21. The fraction of sp³-hybridized carbons (Fsp3) is 0.714. The highest BCUT2D eigenvalue weighted by atomic mass is 16.5. The summed E-state index contributed by atoms with van der Waals surface area (Å²) >= 11 is 0. The van der Waals surface area contributed by atoms with Gasteiger partial charge in [0.15, 0.2) is 0 Å². The molecule has 0 aliphatic carbocycles. The predicted molar refractivity (Wildman–Crippen MR) is 76.2 cm³/mol. The second kappa shape index (κ2) is 6.85. The van der Waals surface area contributed by atoms with Crippen molar-refractivity contribution in [3.8, 4) is 0 Å². The van der Waals surface area contributed by atoms with Crippen molar-refractivity contribution in [3.05, 3.63) is 18.2 Å². The molecule has 2 rings (SSSR count). The van der Waals surface area contributed by atoms with Gasteiger partial charge in [-0.05, 0) is 13.5 Å². The molecule has 6 nitrogen and oxygen atoms in total. The maximum atomic E-state index is 12.3. The van der Waals surface area contributed by atoms with E-state index in [1.807, 2.05) is 18.0 Å². The Labute approximate surface area is 120 Å². The summed E-state index contributed by atoms with van der Waals surface area (Å²) in [6.45, 7) is 7.37. The van der Waals surface area contributed by atoms with E-state index >= 15 is 0 Å². The number of aromatic nitrogens is 2. The summed E-state index contributed by atoms with van der Waals surface area (Å²) in [7, 11) is 1.64. The normalized spacial score (nSPS) is 21.9. The first-order chi connectivity index (χ1) is 9.65. The zero-order valence-electron chi connectivity index (χ0n) is 12.5. The van der Waals surface area contributed by atoms with Gasteiger partial charge in [0.2, 0.25) is 5.91 Å². The number of H-pyrrole nitrogens is 1. The molecule has 1 fully saturated rings. The lowest BCUT2D eigenvalue weighted by Gasteiger charge is -2.40. The molecule has 1 aromatic rings. The van der Waals surface area contributed by atoms with Gasteiger partial charge in [0.05, 0.1) is 18.6 Å². The number of piperazine rings is 1. The molecule has 0 saturated carbocycles. The van der Waals surface area contributed by atoms with Crippen molar-refractivity contribution in [1.82, 2.24) is 19.8 Å². The molecule has 1 aliphatic rings. The fourth-order valence-electron chi connectivity index (χ4n) is 2.60. The highest BCUT2D eigenvalue weighted by Crippen LogP contribution is 2.23. The highest BCUT2D eigenvalue weighted by molar-refractivity contribution is 5.76. The van der Waals surface area contributed by atoms with Gasteiger partial charge < -0.3 is 14.6 Å². The number of carbonyl (C=O) groups excluding carboxylic acids is 1. The van der Waals surface area contributed by atoms with Crippen molar-refractivity contribution in [2.45, 2.75) is 32.4 Å². The van der Waals surface area contributed by atoms with E-state index in [0.717, 1.165) is 25.5 Å². The SMILES string of the molecule is CCN1CCN(C(=O)C[C@@H](C)OC)C[C@@H]1c1ncc[nH]1. The summed E-state index contributed by atoms with van der Waals surface area (Å²) in [6.07, 6.45) is 4.00. The van der Waals surface area contributed by atoms with Gasteiger partial charge in [0.25, 0.3) is 0 Å². The van der Waals surface area contributed by atoms with Gasteiger partial charge in [0, 0.05) is 39.1 Å². The predicted octanol–water partition coefficient (Wildman–Crippen LogP) is 1.04. The van der Waals surface area contributed by atoms with Crippen molar-refractivity contribution in [3.63, 3.8) is 0 Å². The van der Waals surface area contributed by atoms with E-state index in [-0.39, 0.29) is 18.1 Å². The maximum Gasteiger partial charge on any atom is 0.225 e. The molecule has 6 heteroatoms. The van der Waals surface area contributed by atoms with Gasteiger partial charge in [-0.1, -0.05) is 6.92 Å². The third-order valence-electron chi connectivity index (χ3n) is 3.95. The van der Waals surface area contributed by atoms with Crippen LogP contribution in [0.25, 0.3) is 0 Å². The molecule has 2 atom stereocenters. The molecule has 1 amide bonds. The number of rotatable bonds is 5. The van der Waals surface area contributed by atoms with Gasteiger partial charge in [-0.3, -0.25) is 9.69 Å². The Morgan fingerprint density at radius 3 is 3.00 bits per heavy atom. The fourth-order valence-corrected chi connectivity index (χ4v) is 2.60. The lowest BCUT2D eigenvalue weighted by Crippen LogP contribution is -2.51. The van der Waals surface area contributed by atoms with Gasteiger partial charge in [-0.2, -0.15) is 0 Å². The van der Waals surface area contributed by atoms with Crippen LogP contribution in [0.2, 0.25) is 0 Å². The van der Waals surface area contributed by atoms with Crippen molar-refractivity contribution in [1.29, 1.82) is 0 Å². The van der Waals surface area contributed by atoms with Crippen LogP contribution in [0.15, 0.2) is 12.4 Å². The van der Waals surface area contributed by atoms with Crippen LogP contribution in [0, 0.1) is 0 Å². The summed E-state index contributed by atoms with van der Waals surface area (Å²) in [5, 5.41) is 0. The van der Waals surface area contributed by atoms with Crippen molar-refractivity contribution in [2.24, 2.45) is 0 Å². The molecule has 2 heterocycles. The number of hydrogen-bond acceptors (Lipinski definition) is 4.